The molecule has 0 bridgehead atoms. The van der Waals surface area contributed by atoms with Crippen LogP contribution in [0.15, 0.2) is 48.7 Å². The minimum absolute atomic E-state index is 0.0408. The molecule has 5 rings (SSSR count). The number of aromatic nitrogens is 2. The summed E-state index contributed by atoms with van der Waals surface area (Å²) in [5.41, 5.74) is 5.08. The van der Waals surface area contributed by atoms with Crippen LogP contribution < -0.4 is 10.2 Å². The van der Waals surface area contributed by atoms with Crippen LogP contribution in [0, 0.1) is 11.8 Å². The number of hydrogen-bond acceptors (Lipinski definition) is 7. The number of benzene rings is 1. The molecule has 242 valence electrons. The molecule has 0 radical (unpaired) electrons. The van der Waals surface area contributed by atoms with E-state index in [9.17, 15) is 9.90 Å². The lowest BCUT2D eigenvalue weighted by Gasteiger charge is -2.36. The number of hydrogen-bond donors (Lipinski definition) is 2. The van der Waals surface area contributed by atoms with Crippen molar-refractivity contribution in [2.45, 2.75) is 46.1 Å². The van der Waals surface area contributed by atoms with Crippen LogP contribution in [0.1, 0.15) is 49.9 Å². The molecule has 0 aliphatic carbocycles. The average Bonchev–Trinajstić information content (AvgIpc) is 3.01. The maximum Gasteiger partial charge on any atom is 0.216 e. The lowest BCUT2D eigenvalue weighted by atomic mass is 9.96. The summed E-state index contributed by atoms with van der Waals surface area (Å²) in [6.07, 6.45) is 5.66. The van der Waals surface area contributed by atoms with Crippen LogP contribution in [0.2, 0.25) is 10.0 Å². The summed E-state index contributed by atoms with van der Waals surface area (Å²) in [7, 11) is 0. The average molecular weight is 654 g/mol. The minimum atomic E-state index is 0.0408. The van der Waals surface area contributed by atoms with E-state index in [1.165, 1.54) is 5.56 Å². The van der Waals surface area contributed by atoms with Crippen LogP contribution in [-0.2, 0) is 17.8 Å². The van der Waals surface area contributed by atoms with E-state index in [1.54, 1.807) is 13.0 Å². The summed E-state index contributed by atoms with van der Waals surface area (Å²) in [5, 5.41) is 13.4. The molecular formula is C35H46Cl2N6O2. The van der Waals surface area contributed by atoms with Gasteiger partial charge in [0.05, 0.1) is 5.69 Å². The molecular weight excluding hydrogens is 607 g/mol. The largest absolute Gasteiger partial charge is 0.396 e. The molecule has 2 N–H and O–H groups in total. The Morgan fingerprint density at radius 1 is 0.978 bits per heavy atom. The second kappa shape index (κ2) is 16.2. The molecule has 1 atom stereocenters. The predicted molar refractivity (Wildman–Crippen MR) is 183 cm³/mol. The van der Waals surface area contributed by atoms with Crippen LogP contribution in [0.4, 0.5) is 5.82 Å². The number of aliphatic hydroxyl groups excluding tert-OH is 1. The molecule has 2 aromatic heterocycles. The van der Waals surface area contributed by atoms with E-state index in [2.05, 4.69) is 51.2 Å². The standard InChI is InChI=1S/C35H46Cl2N6O2/c1-25(7-14-44)23-42-10-12-43(13-11-42)35-4-3-28(22-39-35)15-33-16-29(17-34(40-33)30-18-31(36)20-32(37)19-30)24-41-8-5-27(6-9-41)21-38-26(2)45/h3-4,16-20,22,25,27,44H,5-15,21,23-24H2,1-2H3,(H,38,45). The fourth-order valence-electron chi connectivity index (χ4n) is 6.41. The molecule has 2 fully saturated rings. The number of piperidine rings is 1. The minimum Gasteiger partial charge on any atom is -0.396 e. The van der Waals surface area contributed by atoms with Crippen molar-refractivity contribution in [2.75, 3.05) is 63.9 Å². The molecule has 0 spiro atoms. The van der Waals surface area contributed by atoms with Crippen molar-refractivity contribution in [3.8, 4) is 11.3 Å². The van der Waals surface area contributed by atoms with Crippen molar-refractivity contribution in [1.82, 2.24) is 25.1 Å². The van der Waals surface area contributed by atoms with Crippen LogP contribution in [0.25, 0.3) is 11.3 Å². The lowest BCUT2D eigenvalue weighted by molar-refractivity contribution is -0.119. The molecule has 2 saturated heterocycles. The number of carbonyl (C=O) groups is 1. The second-order valence-corrected chi connectivity index (χ2v) is 13.6. The smallest absolute Gasteiger partial charge is 0.216 e. The van der Waals surface area contributed by atoms with Crippen molar-refractivity contribution in [1.29, 1.82) is 0 Å². The van der Waals surface area contributed by atoms with Crippen molar-refractivity contribution in [3.05, 3.63) is 75.5 Å². The fraction of sp³-hybridized carbons (Fsp3) is 0.514. The number of aliphatic hydroxyl groups is 1. The molecule has 0 saturated carbocycles. The van der Waals surface area contributed by atoms with E-state index in [0.717, 1.165) is 106 Å². The van der Waals surface area contributed by atoms with Gasteiger partial charge in [-0.15, -0.1) is 0 Å². The monoisotopic (exact) mass is 652 g/mol. The summed E-state index contributed by atoms with van der Waals surface area (Å²) in [5.74, 6) is 2.09. The predicted octanol–water partition coefficient (Wildman–Crippen LogP) is 5.53. The van der Waals surface area contributed by atoms with Crippen molar-refractivity contribution < 1.29 is 9.90 Å². The van der Waals surface area contributed by atoms with Gasteiger partial charge in [-0.25, -0.2) is 4.98 Å². The third-order valence-electron chi connectivity index (χ3n) is 8.93. The van der Waals surface area contributed by atoms with Gasteiger partial charge in [-0.1, -0.05) is 36.2 Å². The number of nitrogens with zero attached hydrogens (tertiary/aromatic N) is 5. The van der Waals surface area contributed by atoms with Crippen LogP contribution >= 0.6 is 23.2 Å². The number of nitrogens with one attached hydrogen (secondary N) is 1. The van der Waals surface area contributed by atoms with Gasteiger partial charge in [-0.3, -0.25) is 19.6 Å². The zero-order valence-corrected chi connectivity index (χ0v) is 28.0. The normalized spacial score (nSPS) is 17.4. The van der Waals surface area contributed by atoms with Crippen molar-refractivity contribution in [2.24, 2.45) is 11.8 Å². The van der Waals surface area contributed by atoms with Crippen molar-refractivity contribution >= 4 is 34.9 Å². The first kappa shape index (κ1) is 33.6. The molecule has 1 amide bonds. The molecule has 4 heterocycles. The summed E-state index contributed by atoms with van der Waals surface area (Å²) in [6, 6.07) is 14.2. The van der Waals surface area contributed by atoms with E-state index in [0.29, 0.717) is 28.3 Å². The summed E-state index contributed by atoms with van der Waals surface area (Å²) >= 11 is 12.7. The first-order valence-corrected chi connectivity index (χ1v) is 17.0. The number of rotatable bonds is 12. The van der Waals surface area contributed by atoms with Crippen molar-refractivity contribution in [3.63, 3.8) is 0 Å². The Kier molecular flexibility index (Phi) is 12.1. The van der Waals surface area contributed by atoms with Crippen LogP contribution in [-0.4, -0.2) is 89.7 Å². The van der Waals surface area contributed by atoms with Gasteiger partial charge in [0, 0.05) is 93.3 Å². The molecule has 1 aromatic carbocycles. The van der Waals surface area contributed by atoms with E-state index in [4.69, 9.17) is 33.2 Å². The SMILES string of the molecule is CC(=O)NCC1CCN(Cc2cc(Cc3ccc(N4CCN(CC(C)CCO)CC4)nc3)nc(-c3cc(Cl)cc(Cl)c3)c2)CC1. The van der Waals surface area contributed by atoms with E-state index in [1.807, 2.05) is 18.3 Å². The number of piperazine rings is 1. The Balaban J connectivity index is 1.26. The number of amides is 1. The third-order valence-corrected chi connectivity index (χ3v) is 9.37. The van der Waals surface area contributed by atoms with Crippen LogP contribution in [0.3, 0.4) is 0 Å². The first-order valence-electron chi connectivity index (χ1n) is 16.2. The summed E-state index contributed by atoms with van der Waals surface area (Å²) in [6.45, 7) is 12.6. The highest BCUT2D eigenvalue weighted by atomic mass is 35.5. The molecule has 1 unspecified atom stereocenters. The maximum absolute atomic E-state index is 11.3. The zero-order chi connectivity index (χ0) is 31.8. The Morgan fingerprint density at radius 2 is 1.71 bits per heavy atom. The lowest BCUT2D eigenvalue weighted by Crippen LogP contribution is -2.47. The third kappa shape index (κ3) is 10.1. The molecule has 8 nitrogen and oxygen atoms in total. The molecule has 10 heteroatoms. The highest BCUT2D eigenvalue weighted by Gasteiger charge is 2.21. The summed E-state index contributed by atoms with van der Waals surface area (Å²) < 4.78 is 0. The Hall–Kier alpha value is -2.75. The van der Waals surface area contributed by atoms with E-state index in [-0.39, 0.29) is 12.5 Å². The summed E-state index contributed by atoms with van der Waals surface area (Å²) in [4.78, 5) is 28.6. The van der Waals surface area contributed by atoms with Crippen LogP contribution in [0.5, 0.6) is 0 Å². The first-order chi connectivity index (χ1) is 21.7. The van der Waals surface area contributed by atoms with E-state index < -0.39 is 0 Å². The number of pyridine rings is 2. The van der Waals surface area contributed by atoms with Gasteiger partial charge in [0.25, 0.3) is 0 Å². The van der Waals surface area contributed by atoms with Gasteiger partial charge < -0.3 is 15.3 Å². The van der Waals surface area contributed by atoms with Gasteiger partial charge in [0.1, 0.15) is 5.82 Å². The van der Waals surface area contributed by atoms with Gasteiger partial charge in [-0.2, -0.15) is 0 Å². The van der Waals surface area contributed by atoms with Gasteiger partial charge in [0.2, 0.25) is 5.91 Å². The highest BCUT2D eigenvalue weighted by Crippen LogP contribution is 2.29. The maximum atomic E-state index is 11.3. The molecule has 45 heavy (non-hydrogen) atoms. The Labute approximate surface area is 277 Å². The van der Waals surface area contributed by atoms with Gasteiger partial charge in [-0.05, 0) is 91.7 Å². The second-order valence-electron chi connectivity index (χ2n) is 12.8. The van der Waals surface area contributed by atoms with Gasteiger partial charge in [0.15, 0.2) is 0 Å². The Bertz CT molecular complexity index is 1390. The molecule has 2 aliphatic heterocycles. The number of anilines is 1. The highest BCUT2D eigenvalue weighted by molar-refractivity contribution is 6.35. The molecule has 2 aliphatic rings. The number of likely N-dealkylation sites (tertiary alicyclic amines) is 1. The number of halogens is 2. The van der Waals surface area contributed by atoms with Gasteiger partial charge >= 0.3 is 0 Å². The molecule has 3 aromatic rings. The van der Waals surface area contributed by atoms with E-state index >= 15 is 0 Å². The zero-order valence-electron chi connectivity index (χ0n) is 26.5. The number of carbonyl (C=O) groups excluding carboxylic acids is 1. The fourth-order valence-corrected chi connectivity index (χ4v) is 6.93. The Morgan fingerprint density at radius 3 is 2.36 bits per heavy atom. The topological polar surface area (TPSA) is 84.8 Å². The quantitative estimate of drug-likeness (QED) is 0.266.